The molecule has 4 N–H and O–H groups in total. The third kappa shape index (κ3) is 5.73. The molecule has 0 saturated carbocycles. The Bertz CT molecular complexity index is 418. The van der Waals surface area contributed by atoms with Crippen molar-refractivity contribution < 1.29 is 5.21 Å². The molecular formula is C16H28N4O. The molecule has 5 heteroatoms. The van der Waals surface area contributed by atoms with E-state index < -0.39 is 0 Å². The summed E-state index contributed by atoms with van der Waals surface area (Å²) in [7, 11) is 0. The second-order valence-corrected chi connectivity index (χ2v) is 5.25. The Kier molecular flexibility index (Phi) is 7.79. The van der Waals surface area contributed by atoms with Crippen molar-refractivity contribution >= 4 is 5.84 Å². The molecule has 0 aliphatic carbocycles. The first kappa shape index (κ1) is 17.5. The molecule has 0 heterocycles. The van der Waals surface area contributed by atoms with Gasteiger partial charge in [0.05, 0.1) is 0 Å². The maximum atomic E-state index is 8.63. The molecule has 2 atom stereocenters. The maximum Gasteiger partial charge on any atom is 0.140 e. The zero-order valence-corrected chi connectivity index (χ0v) is 13.3. The molecule has 118 valence electrons. The number of benzene rings is 1. The van der Waals surface area contributed by atoms with Gasteiger partial charge in [-0.1, -0.05) is 49.3 Å². The number of amidine groups is 1. The molecule has 0 aromatic heterocycles. The average molecular weight is 292 g/mol. The zero-order chi connectivity index (χ0) is 15.7. The largest absolute Gasteiger partial charge is 0.409 e. The van der Waals surface area contributed by atoms with Crippen molar-refractivity contribution in [3.8, 4) is 0 Å². The number of likely N-dealkylation sites (N-methyl/N-ethyl adjacent to an activating group) is 1. The molecule has 1 aromatic carbocycles. The summed E-state index contributed by atoms with van der Waals surface area (Å²) < 4.78 is 0. The van der Waals surface area contributed by atoms with Crippen LogP contribution in [0.1, 0.15) is 38.8 Å². The number of rotatable bonds is 9. The molecule has 0 aliphatic rings. The van der Waals surface area contributed by atoms with Crippen LogP contribution >= 0.6 is 0 Å². The quantitative estimate of drug-likeness (QED) is 0.282. The minimum atomic E-state index is 0.169. The van der Waals surface area contributed by atoms with Gasteiger partial charge in [0, 0.05) is 25.0 Å². The third-order valence-electron chi connectivity index (χ3n) is 3.74. The van der Waals surface area contributed by atoms with Crippen LogP contribution in [0.3, 0.4) is 0 Å². The molecule has 2 unspecified atom stereocenters. The average Bonchev–Trinajstić information content (AvgIpc) is 2.52. The molecule has 5 nitrogen and oxygen atoms in total. The van der Waals surface area contributed by atoms with Crippen molar-refractivity contribution in [2.45, 2.75) is 39.3 Å². The van der Waals surface area contributed by atoms with E-state index in [2.05, 4.69) is 53.5 Å². The van der Waals surface area contributed by atoms with E-state index in [4.69, 9.17) is 10.9 Å². The lowest BCUT2D eigenvalue weighted by atomic mass is 10.0. The molecule has 0 fully saturated rings. The SMILES string of the molecule is CCN(CC)C(CNC(C)CC(N)=NO)c1ccccc1. The number of nitrogens with two attached hydrogens (primary N) is 1. The summed E-state index contributed by atoms with van der Waals surface area (Å²) in [5, 5.41) is 15.1. The minimum absolute atomic E-state index is 0.169. The molecule has 21 heavy (non-hydrogen) atoms. The number of nitrogens with zero attached hydrogens (tertiary/aromatic N) is 2. The van der Waals surface area contributed by atoms with E-state index in [0.717, 1.165) is 19.6 Å². The third-order valence-corrected chi connectivity index (χ3v) is 3.74. The maximum absolute atomic E-state index is 8.63. The highest BCUT2D eigenvalue weighted by molar-refractivity contribution is 5.80. The number of hydrogen-bond donors (Lipinski definition) is 3. The van der Waals surface area contributed by atoms with E-state index in [-0.39, 0.29) is 11.9 Å². The molecule has 0 radical (unpaired) electrons. The van der Waals surface area contributed by atoms with Gasteiger partial charge >= 0.3 is 0 Å². The van der Waals surface area contributed by atoms with Crippen LogP contribution in [0.25, 0.3) is 0 Å². The van der Waals surface area contributed by atoms with Crippen LogP contribution in [-0.4, -0.2) is 41.6 Å². The van der Waals surface area contributed by atoms with Crippen molar-refractivity contribution in [2.24, 2.45) is 10.9 Å². The van der Waals surface area contributed by atoms with Gasteiger partial charge < -0.3 is 16.3 Å². The highest BCUT2D eigenvalue weighted by Crippen LogP contribution is 2.19. The molecule has 0 spiro atoms. The lowest BCUT2D eigenvalue weighted by Gasteiger charge is -2.31. The van der Waals surface area contributed by atoms with E-state index in [1.807, 2.05) is 13.0 Å². The van der Waals surface area contributed by atoms with Gasteiger partial charge in [-0.2, -0.15) is 0 Å². The first-order valence-corrected chi connectivity index (χ1v) is 7.61. The van der Waals surface area contributed by atoms with E-state index in [9.17, 15) is 0 Å². The van der Waals surface area contributed by atoms with Gasteiger partial charge in [0.15, 0.2) is 0 Å². The van der Waals surface area contributed by atoms with Crippen molar-refractivity contribution in [3.63, 3.8) is 0 Å². The fourth-order valence-electron chi connectivity index (χ4n) is 2.54. The summed E-state index contributed by atoms with van der Waals surface area (Å²) in [5.41, 5.74) is 6.86. The molecule has 0 saturated heterocycles. The summed E-state index contributed by atoms with van der Waals surface area (Å²) in [6.07, 6.45) is 0.538. The Morgan fingerprint density at radius 2 is 1.90 bits per heavy atom. The fourth-order valence-corrected chi connectivity index (χ4v) is 2.54. The van der Waals surface area contributed by atoms with Crippen LogP contribution in [0.15, 0.2) is 35.5 Å². The smallest absolute Gasteiger partial charge is 0.140 e. The summed E-state index contributed by atoms with van der Waals surface area (Å²) in [6.45, 7) is 9.26. The zero-order valence-electron chi connectivity index (χ0n) is 13.3. The predicted octanol–water partition coefficient (Wildman–Crippen LogP) is 2.18. The monoisotopic (exact) mass is 292 g/mol. The Morgan fingerprint density at radius 1 is 1.29 bits per heavy atom. The van der Waals surface area contributed by atoms with Gasteiger partial charge in [-0.25, -0.2) is 0 Å². The summed E-state index contributed by atoms with van der Waals surface area (Å²) >= 11 is 0. The lowest BCUT2D eigenvalue weighted by molar-refractivity contribution is 0.209. The van der Waals surface area contributed by atoms with Crippen molar-refractivity contribution in [1.82, 2.24) is 10.2 Å². The van der Waals surface area contributed by atoms with Crippen LogP contribution in [0, 0.1) is 0 Å². The molecular weight excluding hydrogens is 264 g/mol. The Morgan fingerprint density at radius 3 is 2.43 bits per heavy atom. The Labute approximate surface area is 127 Å². The van der Waals surface area contributed by atoms with Crippen molar-refractivity contribution in [3.05, 3.63) is 35.9 Å². The second-order valence-electron chi connectivity index (χ2n) is 5.25. The summed E-state index contributed by atoms with van der Waals surface area (Å²) in [4.78, 5) is 2.43. The summed E-state index contributed by atoms with van der Waals surface area (Å²) in [5.74, 6) is 0.258. The van der Waals surface area contributed by atoms with Crippen LogP contribution in [0.2, 0.25) is 0 Å². The van der Waals surface area contributed by atoms with Gasteiger partial charge in [-0.05, 0) is 25.6 Å². The van der Waals surface area contributed by atoms with Gasteiger partial charge in [-0.3, -0.25) is 4.90 Å². The first-order valence-electron chi connectivity index (χ1n) is 7.61. The molecule has 1 aromatic rings. The van der Waals surface area contributed by atoms with Crippen LogP contribution in [0.5, 0.6) is 0 Å². The number of oxime groups is 1. The van der Waals surface area contributed by atoms with E-state index in [0.29, 0.717) is 12.5 Å². The normalized spacial score (nSPS) is 15.1. The summed E-state index contributed by atoms with van der Waals surface area (Å²) in [6, 6.07) is 11.0. The topological polar surface area (TPSA) is 73.9 Å². The lowest BCUT2D eigenvalue weighted by Crippen LogP contribution is -2.40. The van der Waals surface area contributed by atoms with Crippen molar-refractivity contribution in [2.75, 3.05) is 19.6 Å². The standard InChI is InChI=1S/C16H28N4O/c1-4-20(5-2)15(14-9-7-6-8-10-14)12-18-13(3)11-16(17)19-21/h6-10,13,15,18,21H,4-5,11-12H2,1-3H3,(H2,17,19). The Hall–Kier alpha value is -1.59. The van der Waals surface area contributed by atoms with Gasteiger partial charge in [-0.15, -0.1) is 0 Å². The molecule has 0 aliphatic heterocycles. The van der Waals surface area contributed by atoms with Gasteiger partial charge in [0.1, 0.15) is 5.84 Å². The van der Waals surface area contributed by atoms with Gasteiger partial charge in [0.25, 0.3) is 0 Å². The van der Waals surface area contributed by atoms with Crippen LogP contribution in [0.4, 0.5) is 0 Å². The van der Waals surface area contributed by atoms with Gasteiger partial charge in [0.2, 0.25) is 0 Å². The predicted molar refractivity (Wildman–Crippen MR) is 87.6 cm³/mol. The molecule has 0 amide bonds. The number of nitrogens with one attached hydrogen (secondary N) is 1. The highest BCUT2D eigenvalue weighted by atomic mass is 16.4. The van der Waals surface area contributed by atoms with E-state index >= 15 is 0 Å². The number of hydrogen-bond acceptors (Lipinski definition) is 4. The van der Waals surface area contributed by atoms with E-state index in [1.165, 1.54) is 5.56 Å². The van der Waals surface area contributed by atoms with Crippen molar-refractivity contribution in [1.29, 1.82) is 0 Å². The second kappa shape index (κ2) is 9.37. The minimum Gasteiger partial charge on any atom is -0.409 e. The highest BCUT2D eigenvalue weighted by Gasteiger charge is 2.18. The Balaban J connectivity index is 2.70. The fraction of sp³-hybridized carbons (Fsp3) is 0.562. The molecule has 1 rings (SSSR count). The van der Waals surface area contributed by atoms with Crippen LogP contribution < -0.4 is 11.1 Å². The molecule has 0 bridgehead atoms. The first-order chi connectivity index (χ1) is 10.1. The van der Waals surface area contributed by atoms with E-state index in [1.54, 1.807) is 0 Å². The van der Waals surface area contributed by atoms with Crippen LogP contribution in [-0.2, 0) is 0 Å².